The number of carbonyl (C=O) groups is 1. The number of rotatable bonds is 4. The predicted molar refractivity (Wildman–Crippen MR) is 91.7 cm³/mol. The molecule has 1 aromatic carbocycles. The Morgan fingerprint density at radius 2 is 1.87 bits per heavy atom. The Hall–Kier alpha value is -2.85. The van der Waals surface area contributed by atoms with Crippen molar-refractivity contribution < 1.29 is 9.21 Å². The van der Waals surface area contributed by atoms with Gasteiger partial charge in [0.1, 0.15) is 5.76 Å². The number of furan rings is 1. The van der Waals surface area contributed by atoms with Gasteiger partial charge < -0.3 is 9.40 Å². The van der Waals surface area contributed by atoms with Crippen LogP contribution in [-0.4, -0.2) is 10.8 Å². The summed E-state index contributed by atoms with van der Waals surface area (Å²) in [6.07, 6.45) is 1.62. The maximum atomic E-state index is 12.9. The Balaban J connectivity index is 1.86. The number of thiophene rings is 1. The van der Waals surface area contributed by atoms with Crippen LogP contribution in [0.15, 0.2) is 76.7 Å². The SMILES string of the molecule is O=C(c1ccccc1)c1[nH]c(-c2cccs2)cc1-c1ccco1. The van der Waals surface area contributed by atoms with E-state index in [9.17, 15) is 4.79 Å². The number of nitrogens with one attached hydrogen (secondary N) is 1. The van der Waals surface area contributed by atoms with E-state index in [1.165, 1.54) is 0 Å². The summed E-state index contributed by atoms with van der Waals surface area (Å²) in [5.41, 5.74) is 2.91. The van der Waals surface area contributed by atoms with Crippen molar-refractivity contribution in [3.05, 3.63) is 83.6 Å². The lowest BCUT2D eigenvalue weighted by Crippen LogP contribution is -2.03. The molecule has 0 atom stereocenters. The quantitative estimate of drug-likeness (QED) is 0.523. The van der Waals surface area contributed by atoms with Gasteiger partial charge in [0.25, 0.3) is 0 Å². The van der Waals surface area contributed by atoms with Crippen molar-refractivity contribution in [2.75, 3.05) is 0 Å². The van der Waals surface area contributed by atoms with Gasteiger partial charge in [-0.25, -0.2) is 0 Å². The molecule has 0 bridgehead atoms. The number of hydrogen-bond acceptors (Lipinski definition) is 3. The maximum Gasteiger partial charge on any atom is 0.209 e. The van der Waals surface area contributed by atoms with Crippen molar-refractivity contribution in [1.82, 2.24) is 4.98 Å². The van der Waals surface area contributed by atoms with Crippen LogP contribution in [0.2, 0.25) is 0 Å². The zero-order valence-corrected chi connectivity index (χ0v) is 13.0. The van der Waals surface area contributed by atoms with Crippen molar-refractivity contribution in [3.63, 3.8) is 0 Å². The highest BCUT2D eigenvalue weighted by Gasteiger charge is 2.20. The molecule has 0 aliphatic carbocycles. The zero-order valence-electron chi connectivity index (χ0n) is 12.2. The van der Waals surface area contributed by atoms with Gasteiger partial charge in [0, 0.05) is 11.1 Å². The second-order valence-electron chi connectivity index (χ2n) is 5.12. The number of H-pyrrole nitrogens is 1. The summed E-state index contributed by atoms with van der Waals surface area (Å²) in [6.45, 7) is 0. The summed E-state index contributed by atoms with van der Waals surface area (Å²) in [5, 5.41) is 2.02. The molecule has 0 spiro atoms. The third-order valence-electron chi connectivity index (χ3n) is 3.65. The fourth-order valence-electron chi connectivity index (χ4n) is 2.56. The van der Waals surface area contributed by atoms with Crippen molar-refractivity contribution >= 4 is 17.1 Å². The molecule has 23 heavy (non-hydrogen) atoms. The van der Waals surface area contributed by atoms with Gasteiger partial charge in [-0.15, -0.1) is 11.3 Å². The van der Waals surface area contributed by atoms with Gasteiger partial charge in [-0.05, 0) is 29.6 Å². The Morgan fingerprint density at radius 3 is 2.57 bits per heavy atom. The first-order valence-electron chi connectivity index (χ1n) is 7.23. The van der Waals surface area contributed by atoms with Crippen LogP contribution in [0, 0.1) is 0 Å². The van der Waals surface area contributed by atoms with Gasteiger partial charge in [-0.3, -0.25) is 4.79 Å². The minimum absolute atomic E-state index is 0.0418. The van der Waals surface area contributed by atoms with E-state index in [1.807, 2.05) is 66.0 Å². The molecular weight excluding hydrogens is 306 g/mol. The summed E-state index contributed by atoms with van der Waals surface area (Å²) < 4.78 is 5.51. The maximum absolute atomic E-state index is 12.9. The second-order valence-corrected chi connectivity index (χ2v) is 6.07. The first-order chi connectivity index (χ1) is 11.3. The lowest BCUT2D eigenvalue weighted by Gasteiger charge is -2.01. The molecule has 4 heteroatoms. The summed E-state index contributed by atoms with van der Waals surface area (Å²) in [4.78, 5) is 17.2. The molecule has 3 nitrogen and oxygen atoms in total. The highest BCUT2D eigenvalue weighted by Crippen LogP contribution is 2.33. The van der Waals surface area contributed by atoms with Crippen LogP contribution in [0.1, 0.15) is 16.1 Å². The largest absolute Gasteiger partial charge is 0.464 e. The fraction of sp³-hybridized carbons (Fsp3) is 0. The van der Waals surface area contributed by atoms with Gasteiger partial charge in [0.15, 0.2) is 0 Å². The van der Waals surface area contributed by atoms with E-state index < -0.39 is 0 Å². The lowest BCUT2D eigenvalue weighted by atomic mass is 10.0. The molecule has 0 aliphatic rings. The smallest absolute Gasteiger partial charge is 0.209 e. The van der Waals surface area contributed by atoms with E-state index in [1.54, 1.807) is 17.6 Å². The molecule has 4 aromatic rings. The molecule has 0 amide bonds. The monoisotopic (exact) mass is 319 g/mol. The Labute approximate surface area is 137 Å². The Kier molecular flexibility index (Phi) is 3.44. The van der Waals surface area contributed by atoms with Crippen LogP contribution < -0.4 is 0 Å². The van der Waals surface area contributed by atoms with E-state index >= 15 is 0 Å². The highest BCUT2D eigenvalue weighted by atomic mass is 32.1. The van der Waals surface area contributed by atoms with E-state index in [0.717, 1.165) is 16.1 Å². The third-order valence-corrected chi connectivity index (χ3v) is 4.56. The van der Waals surface area contributed by atoms with Gasteiger partial charge in [0.2, 0.25) is 5.78 Å². The normalized spacial score (nSPS) is 10.8. The topological polar surface area (TPSA) is 46.0 Å². The highest BCUT2D eigenvalue weighted by molar-refractivity contribution is 7.13. The molecule has 3 heterocycles. The van der Waals surface area contributed by atoms with E-state index in [0.29, 0.717) is 17.0 Å². The van der Waals surface area contributed by atoms with Crippen LogP contribution in [-0.2, 0) is 0 Å². The molecule has 0 radical (unpaired) electrons. The van der Waals surface area contributed by atoms with Gasteiger partial charge >= 0.3 is 0 Å². The first kappa shape index (κ1) is 13.8. The number of benzene rings is 1. The Morgan fingerprint density at radius 1 is 1.00 bits per heavy atom. The number of aromatic amines is 1. The average Bonchev–Trinajstić information content (AvgIpc) is 3.34. The standard InChI is InChI=1S/C19H13NO2S/c21-19(13-6-2-1-3-7-13)18-14(16-8-4-10-22-16)12-15(20-18)17-9-5-11-23-17/h1-12,20H. The summed E-state index contributed by atoms with van der Waals surface area (Å²) in [6, 6.07) is 18.9. The molecule has 0 saturated carbocycles. The van der Waals surface area contributed by atoms with Crippen molar-refractivity contribution in [1.29, 1.82) is 0 Å². The number of ketones is 1. The van der Waals surface area contributed by atoms with Crippen molar-refractivity contribution in [2.24, 2.45) is 0 Å². The number of aromatic nitrogens is 1. The first-order valence-corrected chi connectivity index (χ1v) is 8.11. The van der Waals surface area contributed by atoms with Crippen LogP contribution >= 0.6 is 11.3 Å². The number of carbonyl (C=O) groups excluding carboxylic acids is 1. The van der Waals surface area contributed by atoms with Crippen LogP contribution in [0.25, 0.3) is 21.9 Å². The molecule has 112 valence electrons. The summed E-state index contributed by atoms with van der Waals surface area (Å²) >= 11 is 1.63. The molecule has 1 N–H and O–H groups in total. The molecule has 0 unspecified atom stereocenters. The lowest BCUT2D eigenvalue weighted by molar-refractivity contribution is 0.103. The average molecular weight is 319 g/mol. The Bertz CT molecular complexity index is 919. The molecule has 3 aromatic heterocycles. The number of hydrogen-bond donors (Lipinski definition) is 1. The molecule has 4 rings (SSSR count). The van der Waals surface area contributed by atoms with E-state index in [4.69, 9.17) is 4.42 Å². The van der Waals surface area contributed by atoms with Crippen LogP contribution in [0.4, 0.5) is 0 Å². The van der Waals surface area contributed by atoms with Crippen molar-refractivity contribution in [3.8, 4) is 21.9 Å². The second kappa shape index (κ2) is 5.74. The molecule has 0 saturated heterocycles. The third kappa shape index (κ3) is 2.53. The predicted octanol–water partition coefficient (Wildman–Crippen LogP) is 5.23. The molecule has 0 fully saturated rings. The van der Waals surface area contributed by atoms with Crippen molar-refractivity contribution in [2.45, 2.75) is 0 Å². The summed E-state index contributed by atoms with van der Waals surface area (Å²) in [7, 11) is 0. The van der Waals surface area contributed by atoms with Crippen LogP contribution in [0.5, 0.6) is 0 Å². The summed E-state index contributed by atoms with van der Waals surface area (Å²) in [5.74, 6) is 0.642. The zero-order chi connectivity index (χ0) is 15.6. The fourth-order valence-corrected chi connectivity index (χ4v) is 3.26. The van der Waals surface area contributed by atoms with E-state index in [-0.39, 0.29) is 5.78 Å². The van der Waals surface area contributed by atoms with Gasteiger partial charge in [-0.1, -0.05) is 36.4 Å². The minimum atomic E-state index is -0.0418. The van der Waals surface area contributed by atoms with Crippen LogP contribution in [0.3, 0.4) is 0 Å². The molecular formula is C19H13NO2S. The van der Waals surface area contributed by atoms with Gasteiger partial charge in [0.05, 0.1) is 22.5 Å². The minimum Gasteiger partial charge on any atom is -0.464 e. The van der Waals surface area contributed by atoms with Gasteiger partial charge in [-0.2, -0.15) is 0 Å². The van der Waals surface area contributed by atoms with E-state index in [2.05, 4.69) is 4.98 Å². The molecule has 0 aliphatic heterocycles.